The zero-order chi connectivity index (χ0) is 46.5. The first-order valence-corrected chi connectivity index (χ1v) is 22.8. The Labute approximate surface area is 372 Å². The van der Waals surface area contributed by atoms with Crippen molar-refractivity contribution >= 4 is 35.8 Å². The summed E-state index contributed by atoms with van der Waals surface area (Å²) in [6.45, 7) is 7.31. The number of nitrogens with zero attached hydrogens (tertiary/aromatic N) is 2. The number of nitrogens with one attached hydrogen (secondary N) is 1. The highest BCUT2D eigenvalue weighted by Crippen LogP contribution is 2.59. The number of amides is 2. The number of carbonyl (C=O) groups is 5. The molecule has 1 aliphatic carbocycles. The van der Waals surface area contributed by atoms with Gasteiger partial charge in [-0.25, -0.2) is 4.79 Å². The van der Waals surface area contributed by atoms with Gasteiger partial charge in [-0.2, -0.15) is 18.2 Å². The van der Waals surface area contributed by atoms with Crippen molar-refractivity contribution in [1.82, 2.24) is 15.3 Å². The second-order valence-electron chi connectivity index (χ2n) is 18.6. The Morgan fingerprint density at radius 3 is 2.36 bits per heavy atom. The number of carbonyl (C=O) groups excluding carboxylic acids is 5. The first-order valence-electron chi connectivity index (χ1n) is 22.8. The minimum atomic E-state index is -4.70. The number of halogens is 3. The number of fused-ring (bicyclic) bond motifs is 4. The summed E-state index contributed by atoms with van der Waals surface area (Å²) in [6.07, 6.45) is 1.40. The maximum atomic E-state index is 15.6. The van der Waals surface area contributed by atoms with Crippen molar-refractivity contribution in [3.63, 3.8) is 0 Å². The Kier molecular flexibility index (Phi) is 15.9. The average Bonchev–Trinajstić information content (AvgIpc) is 3.96. The highest BCUT2D eigenvalue weighted by atomic mass is 19.4. The monoisotopic (exact) mass is 907 g/mol. The predicted molar refractivity (Wildman–Crippen MR) is 223 cm³/mol. The maximum Gasteiger partial charge on any atom is 0.422 e. The van der Waals surface area contributed by atoms with Crippen molar-refractivity contribution in [2.75, 3.05) is 19.8 Å². The van der Waals surface area contributed by atoms with Crippen LogP contribution in [0, 0.1) is 5.41 Å². The number of alkyl halides is 3. The summed E-state index contributed by atoms with van der Waals surface area (Å²) in [7, 11) is 0. The molecule has 5 aliphatic rings. The van der Waals surface area contributed by atoms with E-state index in [-0.39, 0.29) is 32.4 Å². The molecule has 0 spiro atoms. The third-order valence-electron chi connectivity index (χ3n) is 12.6. The number of unbranched alkanes of at least 4 members (excludes halogenated alkanes) is 4. The third-order valence-corrected chi connectivity index (χ3v) is 12.6. The molecule has 4 saturated heterocycles. The number of aliphatic hydroxyl groups excluding tert-OH is 1. The van der Waals surface area contributed by atoms with Gasteiger partial charge in [0.15, 0.2) is 18.4 Å². The van der Waals surface area contributed by atoms with E-state index in [0.29, 0.717) is 36.8 Å². The van der Waals surface area contributed by atoms with Crippen LogP contribution in [0.15, 0.2) is 30.3 Å². The molecule has 18 heteroatoms. The first-order chi connectivity index (χ1) is 30.3. The van der Waals surface area contributed by atoms with E-state index in [1.54, 1.807) is 45.0 Å². The third kappa shape index (κ3) is 11.3. The van der Waals surface area contributed by atoms with Gasteiger partial charge in [0.05, 0.1) is 19.2 Å². The minimum Gasteiger partial charge on any atom is -0.460 e. The lowest BCUT2D eigenvalue weighted by molar-refractivity contribution is -0.225. The van der Waals surface area contributed by atoms with Crippen LogP contribution in [0.1, 0.15) is 129 Å². The van der Waals surface area contributed by atoms with Gasteiger partial charge < -0.3 is 39.0 Å². The number of rotatable bonds is 20. The van der Waals surface area contributed by atoms with E-state index in [2.05, 4.69) is 23.9 Å². The van der Waals surface area contributed by atoms with Gasteiger partial charge in [-0.1, -0.05) is 63.8 Å². The fourth-order valence-corrected chi connectivity index (χ4v) is 9.79. The van der Waals surface area contributed by atoms with Gasteiger partial charge in [0, 0.05) is 38.3 Å². The molecule has 8 unspecified atom stereocenters. The molecule has 356 valence electrons. The smallest absolute Gasteiger partial charge is 0.422 e. The van der Waals surface area contributed by atoms with Crippen molar-refractivity contribution in [3.05, 3.63) is 41.5 Å². The molecule has 4 aliphatic heterocycles. The first kappa shape index (κ1) is 49.3. The highest BCUT2D eigenvalue weighted by Gasteiger charge is 2.77. The summed E-state index contributed by atoms with van der Waals surface area (Å²) < 4.78 is 68.0. The summed E-state index contributed by atoms with van der Waals surface area (Å²) in [5, 5.41) is 14.4. The molecule has 64 heavy (non-hydrogen) atoms. The number of esters is 3. The van der Waals surface area contributed by atoms with Crippen molar-refractivity contribution in [2.24, 2.45) is 5.41 Å². The molecule has 5 fully saturated rings. The standard InChI is InChI=1S/C46H64F3N3O12/c1-6-8-12-22-44(23-13-9-7-2)62-36-33-25-45(42(58)51-24-14-17-32(51)40(56)50-31(27-53)19-21-35(55)61-43(3,4)5)38(41(57)60-33)52(64-39(45)37(36)63-44)26-30-16-11-10-15-29(30)18-20-34(54)59-28-46(47,48)49/h10-11,15-16,18,20,31-33,36-39,53H,6-9,12-14,17,19,21-28H2,1-5H3,(H,50,56). The van der Waals surface area contributed by atoms with Crippen LogP contribution in [0.3, 0.4) is 0 Å². The van der Waals surface area contributed by atoms with Crippen molar-refractivity contribution < 1.29 is 70.8 Å². The van der Waals surface area contributed by atoms with Gasteiger partial charge in [0.1, 0.15) is 41.5 Å². The maximum absolute atomic E-state index is 15.6. The average molecular weight is 908 g/mol. The molecule has 4 heterocycles. The fraction of sp³-hybridized carbons (Fsp3) is 0.717. The Hall–Kier alpha value is -4.10. The molecular formula is C46H64F3N3O12. The molecule has 0 radical (unpaired) electrons. The van der Waals surface area contributed by atoms with Gasteiger partial charge >= 0.3 is 24.1 Å². The number of aliphatic hydroxyl groups is 1. The van der Waals surface area contributed by atoms with Crippen molar-refractivity contribution in [2.45, 2.75) is 185 Å². The number of hydroxylamine groups is 2. The second kappa shape index (κ2) is 20.6. The van der Waals surface area contributed by atoms with E-state index < -0.39 is 108 Å². The number of hydrogen-bond acceptors (Lipinski definition) is 13. The van der Waals surface area contributed by atoms with Gasteiger partial charge in [-0.05, 0) is 70.1 Å². The van der Waals surface area contributed by atoms with E-state index in [1.165, 1.54) is 16.0 Å². The Morgan fingerprint density at radius 1 is 1.02 bits per heavy atom. The van der Waals surface area contributed by atoms with E-state index in [0.717, 1.165) is 44.6 Å². The molecule has 2 bridgehead atoms. The SMILES string of the molecule is CCCCCC1(CCCCC)OC2C3CC4(C(=O)N5CCCC5C(=O)NC(CO)CCC(=O)OC(C)(C)C)C(ON(Cc5ccccc5C=CC(=O)OCC(F)(F)F)C4C(=O)O3)C2O1. The van der Waals surface area contributed by atoms with Crippen LogP contribution in [0.25, 0.3) is 6.08 Å². The van der Waals surface area contributed by atoms with Gasteiger partial charge in [0.2, 0.25) is 11.8 Å². The number of hydrogen-bond donors (Lipinski definition) is 2. The van der Waals surface area contributed by atoms with E-state index in [9.17, 15) is 37.5 Å². The Balaban J connectivity index is 1.32. The van der Waals surface area contributed by atoms with Gasteiger partial charge in [0.25, 0.3) is 0 Å². The zero-order valence-electron chi connectivity index (χ0n) is 37.5. The summed E-state index contributed by atoms with van der Waals surface area (Å²) in [6, 6.07) is 3.62. The summed E-state index contributed by atoms with van der Waals surface area (Å²) in [4.78, 5) is 77.1. The van der Waals surface area contributed by atoms with Crippen LogP contribution in [0.2, 0.25) is 0 Å². The largest absolute Gasteiger partial charge is 0.460 e. The molecule has 2 amide bonds. The molecule has 1 aromatic carbocycles. The summed E-state index contributed by atoms with van der Waals surface area (Å²) in [5.41, 5.74) is -1.40. The molecule has 1 saturated carbocycles. The lowest BCUT2D eigenvalue weighted by Crippen LogP contribution is -2.70. The number of ether oxygens (including phenoxy) is 5. The second-order valence-corrected chi connectivity index (χ2v) is 18.6. The zero-order valence-corrected chi connectivity index (χ0v) is 37.5. The lowest BCUT2D eigenvalue weighted by Gasteiger charge is -2.50. The molecule has 1 aromatic rings. The molecular weight excluding hydrogens is 844 g/mol. The minimum absolute atomic E-state index is 0.0144. The van der Waals surface area contributed by atoms with Crippen LogP contribution < -0.4 is 5.32 Å². The number of benzene rings is 1. The van der Waals surface area contributed by atoms with Gasteiger partial charge in [-0.15, -0.1) is 0 Å². The quantitative estimate of drug-likeness (QED) is 0.0691. The van der Waals surface area contributed by atoms with E-state index >= 15 is 4.79 Å². The van der Waals surface area contributed by atoms with Crippen LogP contribution >= 0.6 is 0 Å². The van der Waals surface area contributed by atoms with Crippen LogP contribution in [0.5, 0.6) is 0 Å². The highest BCUT2D eigenvalue weighted by molar-refractivity contribution is 5.96. The Morgan fingerprint density at radius 2 is 1.70 bits per heavy atom. The summed E-state index contributed by atoms with van der Waals surface area (Å²) in [5.74, 6) is -4.44. The van der Waals surface area contributed by atoms with Crippen molar-refractivity contribution in [3.8, 4) is 0 Å². The fourth-order valence-electron chi connectivity index (χ4n) is 9.79. The molecule has 8 atom stereocenters. The number of likely N-dealkylation sites (tertiary alicyclic amines) is 1. The molecule has 6 rings (SSSR count). The van der Waals surface area contributed by atoms with Crippen LogP contribution in [0.4, 0.5) is 13.2 Å². The summed E-state index contributed by atoms with van der Waals surface area (Å²) >= 11 is 0. The predicted octanol–water partition coefficient (Wildman–Crippen LogP) is 5.84. The van der Waals surface area contributed by atoms with Crippen molar-refractivity contribution in [1.29, 1.82) is 0 Å². The van der Waals surface area contributed by atoms with E-state index in [4.69, 9.17) is 23.8 Å². The van der Waals surface area contributed by atoms with Crippen LogP contribution in [-0.2, 0) is 59.0 Å². The Bertz CT molecular complexity index is 1860. The lowest BCUT2D eigenvalue weighted by atomic mass is 9.62. The van der Waals surface area contributed by atoms with Gasteiger partial charge in [-0.3, -0.25) is 24.0 Å². The molecule has 0 aromatic heterocycles. The topological polar surface area (TPSA) is 179 Å². The van der Waals surface area contributed by atoms with Crippen LogP contribution in [-0.4, -0.2) is 125 Å². The van der Waals surface area contributed by atoms with E-state index in [1.807, 2.05) is 0 Å². The molecule has 15 nitrogen and oxygen atoms in total. The molecule has 2 N–H and O–H groups in total. The normalized spacial score (nSPS) is 27.9.